The highest BCUT2D eigenvalue weighted by atomic mass is 16.2. The average Bonchev–Trinajstić information content (AvgIpc) is 2.66. The molecule has 4 nitrogen and oxygen atoms in total. The van der Waals surface area contributed by atoms with Crippen LogP contribution in [0.1, 0.15) is 29.6 Å². The normalized spacial score (nSPS) is 20.3. The molecule has 2 aliphatic heterocycles. The number of carbonyl (C=O) groups excluding carboxylic acids is 2. The summed E-state index contributed by atoms with van der Waals surface area (Å²) in [5.41, 5.74) is 1.34. The van der Waals surface area contributed by atoms with E-state index in [4.69, 9.17) is 0 Å². The lowest BCUT2D eigenvalue weighted by molar-refractivity contribution is -0.903. The van der Waals surface area contributed by atoms with Gasteiger partial charge < -0.3 is 4.90 Å². The van der Waals surface area contributed by atoms with E-state index in [2.05, 4.69) is 0 Å². The summed E-state index contributed by atoms with van der Waals surface area (Å²) in [7, 11) is 0. The second-order valence-electron chi connectivity index (χ2n) is 5.05. The predicted octanol–water partition coefficient (Wildman–Crippen LogP) is 0.242. The topological polar surface area (TPSA) is 41.8 Å². The number of ketones is 1. The van der Waals surface area contributed by atoms with Gasteiger partial charge >= 0.3 is 5.91 Å². The number of rotatable bonds is 2. The minimum Gasteiger partial charge on any atom is -0.317 e. The van der Waals surface area contributed by atoms with Crippen molar-refractivity contribution in [1.29, 1.82) is 0 Å². The van der Waals surface area contributed by atoms with E-state index < -0.39 is 0 Å². The third-order valence-electron chi connectivity index (χ3n) is 3.82. The molecular formula is C14H17N2O2+. The van der Waals surface area contributed by atoms with Crippen LogP contribution in [0.4, 0.5) is 5.69 Å². The molecule has 18 heavy (non-hydrogen) atoms. The van der Waals surface area contributed by atoms with E-state index in [1.54, 1.807) is 17.0 Å². The van der Waals surface area contributed by atoms with Crippen molar-refractivity contribution in [3.63, 3.8) is 0 Å². The molecule has 1 N–H and O–H groups in total. The molecule has 0 aliphatic carbocycles. The number of hydrogen-bond donors (Lipinski definition) is 1. The Balaban J connectivity index is 1.83. The van der Waals surface area contributed by atoms with E-state index in [0.717, 1.165) is 18.8 Å². The van der Waals surface area contributed by atoms with Crippen LogP contribution in [-0.4, -0.2) is 31.4 Å². The monoisotopic (exact) mass is 245 g/mol. The molecule has 0 atom stereocenters. The molecule has 0 spiro atoms. The molecule has 1 aromatic carbocycles. The molecule has 0 bridgehead atoms. The summed E-state index contributed by atoms with van der Waals surface area (Å²) in [4.78, 5) is 26.9. The number of para-hydroxylation sites is 1. The zero-order chi connectivity index (χ0) is 12.5. The van der Waals surface area contributed by atoms with Crippen LogP contribution in [-0.2, 0) is 4.79 Å². The van der Waals surface area contributed by atoms with Crippen LogP contribution in [0.5, 0.6) is 0 Å². The van der Waals surface area contributed by atoms with Gasteiger partial charge in [-0.05, 0) is 31.4 Å². The zero-order valence-corrected chi connectivity index (χ0v) is 10.3. The fourth-order valence-electron chi connectivity index (χ4n) is 2.84. The van der Waals surface area contributed by atoms with Gasteiger partial charge in [-0.1, -0.05) is 12.1 Å². The van der Waals surface area contributed by atoms with Gasteiger partial charge in [0, 0.05) is 0 Å². The summed E-state index contributed by atoms with van der Waals surface area (Å²) in [5, 5.41) is 0. The minimum absolute atomic E-state index is 0.359. The summed E-state index contributed by atoms with van der Waals surface area (Å²) in [6.45, 7) is 2.82. The van der Waals surface area contributed by atoms with Gasteiger partial charge in [0.25, 0.3) is 5.78 Å². The maximum absolute atomic E-state index is 12.0. The largest absolute Gasteiger partial charge is 0.317 e. The first-order chi connectivity index (χ1) is 8.77. The number of quaternary nitrogens is 1. The number of fused-ring (bicyclic) bond motifs is 1. The van der Waals surface area contributed by atoms with E-state index in [1.165, 1.54) is 24.2 Å². The lowest BCUT2D eigenvalue weighted by atomic mass is 10.1. The molecule has 0 unspecified atom stereocenters. The summed E-state index contributed by atoms with van der Waals surface area (Å²) in [6.07, 6.45) is 3.72. The molecule has 0 aromatic heterocycles. The Morgan fingerprint density at radius 1 is 1.06 bits per heavy atom. The van der Waals surface area contributed by atoms with Crippen molar-refractivity contribution < 1.29 is 14.5 Å². The van der Waals surface area contributed by atoms with Gasteiger partial charge in [-0.2, -0.15) is 0 Å². The van der Waals surface area contributed by atoms with Gasteiger partial charge in [0.15, 0.2) is 6.67 Å². The van der Waals surface area contributed by atoms with E-state index >= 15 is 0 Å². The van der Waals surface area contributed by atoms with Gasteiger partial charge in [-0.25, -0.2) is 0 Å². The summed E-state index contributed by atoms with van der Waals surface area (Å²) in [6, 6.07) is 7.28. The quantitative estimate of drug-likeness (QED) is 0.759. The molecule has 4 heteroatoms. The van der Waals surface area contributed by atoms with Crippen molar-refractivity contribution >= 4 is 17.4 Å². The van der Waals surface area contributed by atoms with E-state index in [1.807, 2.05) is 12.1 Å². The van der Waals surface area contributed by atoms with Gasteiger partial charge in [-0.15, -0.1) is 0 Å². The molecule has 1 fully saturated rings. The van der Waals surface area contributed by atoms with Crippen molar-refractivity contribution in [1.82, 2.24) is 0 Å². The van der Waals surface area contributed by atoms with Crippen molar-refractivity contribution in [2.45, 2.75) is 19.3 Å². The first kappa shape index (κ1) is 11.4. The van der Waals surface area contributed by atoms with Crippen LogP contribution in [0, 0.1) is 0 Å². The van der Waals surface area contributed by atoms with Gasteiger partial charge in [-0.3, -0.25) is 14.5 Å². The van der Waals surface area contributed by atoms with Crippen molar-refractivity contribution in [3.8, 4) is 0 Å². The van der Waals surface area contributed by atoms with Crippen LogP contribution in [0.15, 0.2) is 24.3 Å². The third-order valence-corrected chi connectivity index (χ3v) is 3.82. The number of benzene rings is 1. The van der Waals surface area contributed by atoms with Crippen LogP contribution in [0.2, 0.25) is 0 Å². The Bertz CT molecular complexity index is 492. The lowest BCUT2D eigenvalue weighted by Gasteiger charge is -2.27. The van der Waals surface area contributed by atoms with Crippen LogP contribution in [0.3, 0.4) is 0 Å². The summed E-state index contributed by atoms with van der Waals surface area (Å²) >= 11 is 0. The first-order valence-electron chi connectivity index (χ1n) is 6.56. The summed E-state index contributed by atoms with van der Waals surface area (Å²) < 4.78 is 0. The second-order valence-corrected chi connectivity index (χ2v) is 5.05. The van der Waals surface area contributed by atoms with Gasteiger partial charge in [0.1, 0.15) is 0 Å². The standard InChI is InChI=1S/C14H16N2O2/c17-13-11-6-2-3-7-12(11)16(14(13)18)10-15-8-4-1-5-9-15/h2-3,6-7H,1,4-5,8-10H2/p+1. The van der Waals surface area contributed by atoms with Crippen LogP contribution >= 0.6 is 0 Å². The van der Waals surface area contributed by atoms with Crippen LogP contribution < -0.4 is 9.80 Å². The van der Waals surface area contributed by atoms with E-state index in [9.17, 15) is 9.59 Å². The van der Waals surface area contributed by atoms with Gasteiger partial charge in [0.05, 0.1) is 24.3 Å². The smallest absolute Gasteiger partial charge is 0.303 e. The number of nitrogens with one attached hydrogen (secondary N) is 1. The third kappa shape index (κ3) is 1.82. The zero-order valence-electron chi connectivity index (χ0n) is 10.3. The maximum atomic E-state index is 12.0. The molecule has 94 valence electrons. The number of hydrogen-bond acceptors (Lipinski definition) is 2. The van der Waals surface area contributed by atoms with E-state index in [0.29, 0.717) is 12.2 Å². The molecule has 1 aromatic rings. The molecule has 1 amide bonds. The molecule has 0 saturated carbocycles. The van der Waals surface area contributed by atoms with Crippen molar-refractivity contribution in [2.75, 3.05) is 24.7 Å². The number of amides is 1. The highest BCUT2D eigenvalue weighted by Gasteiger charge is 2.37. The lowest BCUT2D eigenvalue weighted by Crippen LogP contribution is -3.14. The van der Waals surface area contributed by atoms with Crippen LogP contribution in [0.25, 0.3) is 0 Å². The fraction of sp³-hybridized carbons (Fsp3) is 0.429. The minimum atomic E-state index is -0.366. The molecule has 3 rings (SSSR count). The fourth-order valence-corrected chi connectivity index (χ4v) is 2.84. The predicted molar refractivity (Wildman–Crippen MR) is 67.7 cm³/mol. The highest BCUT2D eigenvalue weighted by Crippen LogP contribution is 2.27. The molecular weight excluding hydrogens is 228 g/mol. The molecule has 0 radical (unpaired) electrons. The SMILES string of the molecule is O=C1C(=O)N(C[NH+]2CCCCC2)c2ccccc21. The number of nitrogens with zero attached hydrogens (tertiary/aromatic N) is 1. The first-order valence-corrected chi connectivity index (χ1v) is 6.56. The Hall–Kier alpha value is -1.68. The Kier molecular flexibility index (Phi) is 2.88. The Labute approximate surface area is 106 Å². The number of Topliss-reactive ketones (excluding diaryl/α,β-unsaturated/α-hetero) is 1. The highest BCUT2D eigenvalue weighted by molar-refractivity contribution is 6.52. The number of piperidine rings is 1. The van der Waals surface area contributed by atoms with Gasteiger partial charge in [0.2, 0.25) is 0 Å². The molecule has 2 aliphatic rings. The second kappa shape index (κ2) is 4.53. The van der Waals surface area contributed by atoms with Crippen molar-refractivity contribution in [2.24, 2.45) is 0 Å². The Morgan fingerprint density at radius 3 is 2.56 bits per heavy atom. The molecule has 2 heterocycles. The summed E-state index contributed by atoms with van der Waals surface area (Å²) in [5.74, 6) is -0.726. The number of carbonyl (C=O) groups is 2. The van der Waals surface area contributed by atoms with Crippen molar-refractivity contribution in [3.05, 3.63) is 29.8 Å². The number of anilines is 1. The van der Waals surface area contributed by atoms with E-state index in [-0.39, 0.29) is 11.7 Å². The maximum Gasteiger partial charge on any atom is 0.303 e. The average molecular weight is 245 g/mol. The molecule has 1 saturated heterocycles. The number of likely N-dealkylation sites (tertiary alicyclic amines) is 1. The Morgan fingerprint density at radius 2 is 1.78 bits per heavy atom.